The lowest BCUT2D eigenvalue weighted by molar-refractivity contribution is -0.130. The van der Waals surface area contributed by atoms with Crippen molar-refractivity contribution in [1.29, 1.82) is 0 Å². The molecule has 0 spiro atoms. The summed E-state index contributed by atoms with van der Waals surface area (Å²) in [5.41, 5.74) is 2.55. The molecule has 1 aliphatic carbocycles. The van der Waals surface area contributed by atoms with Crippen LogP contribution in [-0.4, -0.2) is 41.6 Å². The largest absolute Gasteiger partial charge is 0.396 e. The van der Waals surface area contributed by atoms with Crippen molar-refractivity contribution in [3.05, 3.63) is 64.7 Å². The molecule has 3 atom stereocenters. The summed E-state index contributed by atoms with van der Waals surface area (Å²) in [6.07, 6.45) is 0.353. The van der Waals surface area contributed by atoms with Gasteiger partial charge in [0.15, 0.2) is 0 Å². The van der Waals surface area contributed by atoms with Crippen LogP contribution in [0, 0.1) is 17.8 Å². The van der Waals surface area contributed by atoms with E-state index in [0.29, 0.717) is 41.4 Å². The van der Waals surface area contributed by atoms with E-state index in [9.17, 15) is 14.7 Å². The number of piperidine rings is 1. The normalized spacial score (nSPS) is 22.1. The first-order valence-electron chi connectivity index (χ1n) is 9.80. The van der Waals surface area contributed by atoms with Crippen LogP contribution in [0.15, 0.2) is 48.5 Å². The maximum atomic E-state index is 12.5. The number of hydrogen-bond acceptors (Lipinski definition) is 3. The van der Waals surface area contributed by atoms with E-state index in [-0.39, 0.29) is 18.5 Å². The van der Waals surface area contributed by atoms with E-state index in [1.165, 1.54) is 0 Å². The molecule has 1 saturated heterocycles. The highest BCUT2D eigenvalue weighted by Crippen LogP contribution is 2.51. The smallest absolute Gasteiger partial charge is 0.319 e. The highest BCUT2D eigenvalue weighted by atomic mass is 35.5. The van der Waals surface area contributed by atoms with E-state index in [0.717, 1.165) is 24.2 Å². The molecule has 2 aliphatic rings. The Morgan fingerprint density at radius 2 is 1.62 bits per heavy atom. The van der Waals surface area contributed by atoms with Crippen molar-refractivity contribution >= 4 is 29.2 Å². The molecule has 0 bridgehead atoms. The number of aliphatic hydroxyl groups is 1. The summed E-state index contributed by atoms with van der Waals surface area (Å²) in [5, 5.41) is 15.5. The molecule has 2 aromatic carbocycles. The molecule has 1 saturated carbocycles. The molecule has 29 heavy (non-hydrogen) atoms. The molecule has 0 unspecified atom stereocenters. The van der Waals surface area contributed by atoms with Gasteiger partial charge in [-0.3, -0.25) is 4.79 Å². The second kappa shape index (κ2) is 8.43. The Bertz CT molecular complexity index is 873. The Morgan fingerprint density at radius 1 is 1.00 bits per heavy atom. The molecule has 7 heteroatoms. The number of carbonyl (C=O) groups is 2. The van der Waals surface area contributed by atoms with Crippen molar-refractivity contribution in [1.82, 2.24) is 10.2 Å². The minimum Gasteiger partial charge on any atom is -0.396 e. The van der Waals surface area contributed by atoms with Crippen LogP contribution in [0.3, 0.4) is 0 Å². The van der Waals surface area contributed by atoms with Crippen molar-refractivity contribution in [3.63, 3.8) is 0 Å². The summed E-state index contributed by atoms with van der Waals surface area (Å²) in [6, 6.07) is 14.3. The fourth-order valence-corrected chi connectivity index (χ4v) is 4.20. The lowest BCUT2D eigenvalue weighted by atomic mass is 10.1. The van der Waals surface area contributed by atoms with Crippen LogP contribution < -0.4 is 10.6 Å². The number of nitrogens with zero attached hydrogens (tertiary/aromatic N) is 1. The molecule has 1 heterocycles. The summed E-state index contributed by atoms with van der Waals surface area (Å²) in [4.78, 5) is 26.4. The quantitative estimate of drug-likeness (QED) is 0.681. The third-order valence-corrected chi connectivity index (χ3v) is 6.12. The van der Waals surface area contributed by atoms with Crippen molar-refractivity contribution in [2.24, 2.45) is 17.8 Å². The fourth-order valence-electron chi connectivity index (χ4n) is 4.08. The minimum atomic E-state index is -0.293. The number of amides is 3. The Hall–Kier alpha value is -2.57. The maximum Gasteiger partial charge on any atom is 0.319 e. The van der Waals surface area contributed by atoms with Gasteiger partial charge in [0.1, 0.15) is 0 Å². The summed E-state index contributed by atoms with van der Waals surface area (Å²) in [6.45, 7) is 2.17. The van der Waals surface area contributed by atoms with Crippen molar-refractivity contribution in [2.45, 2.75) is 13.0 Å². The zero-order chi connectivity index (χ0) is 20.4. The van der Waals surface area contributed by atoms with Gasteiger partial charge in [0.05, 0.1) is 6.42 Å². The Balaban J connectivity index is 1.22. The average Bonchev–Trinajstić information content (AvgIpc) is 3.19. The number of carbonyl (C=O) groups excluding carboxylic acids is 2. The van der Waals surface area contributed by atoms with Crippen LogP contribution in [0.5, 0.6) is 0 Å². The van der Waals surface area contributed by atoms with Crippen LogP contribution in [0.1, 0.15) is 11.1 Å². The molecule has 152 valence electrons. The first-order valence-corrected chi connectivity index (χ1v) is 10.2. The lowest BCUT2D eigenvalue weighted by Gasteiger charge is -2.19. The summed E-state index contributed by atoms with van der Waals surface area (Å²) >= 11 is 5.85. The SMILES string of the molecule is O=C(NCc1ccc(Cl)cc1)Nc1ccc(CC(=O)N2C[C@@H]3[C@H](CO)[C@@H]3C2)cc1. The van der Waals surface area contributed by atoms with E-state index in [1.54, 1.807) is 24.3 Å². The Kier molecular flexibility index (Phi) is 5.74. The number of anilines is 1. The molecule has 6 nitrogen and oxygen atoms in total. The van der Waals surface area contributed by atoms with Gasteiger partial charge in [-0.25, -0.2) is 4.79 Å². The van der Waals surface area contributed by atoms with Gasteiger partial charge < -0.3 is 20.6 Å². The third-order valence-electron chi connectivity index (χ3n) is 5.87. The fraction of sp³-hybridized carbons (Fsp3) is 0.364. The van der Waals surface area contributed by atoms with E-state index < -0.39 is 0 Å². The summed E-state index contributed by atoms with van der Waals surface area (Å²) < 4.78 is 0. The molecule has 3 N–H and O–H groups in total. The second-order valence-corrected chi connectivity index (χ2v) is 8.22. The highest BCUT2D eigenvalue weighted by Gasteiger charge is 2.55. The predicted octanol–water partition coefficient (Wildman–Crippen LogP) is 2.90. The second-order valence-electron chi connectivity index (χ2n) is 7.78. The van der Waals surface area contributed by atoms with Gasteiger partial charge in [-0.05, 0) is 53.1 Å². The van der Waals surface area contributed by atoms with E-state index in [4.69, 9.17) is 11.6 Å². The first kappa shape index (κ1) is 19.7. The van der Waals surface area contributed by atoms with Gasteiger partial charge in [0.25, 0.3) is 0 Å². The topological polar surface area (TPSA) is 81.7 Å². The molecular weight excluding hydrogens is 390 g/mol. The minimum absolute atomic E-state index is 0.121. The van der Waals surface area contributed by atoms with Crippen molar-refractivity contribution in [2.75, 3.05) is 25.0 Å². The number of nitrogens with one attached hydrogen (secondary N) is 2. The zero-order valence-corrected chi connectivity index (χ0v) is 16.7. The van der Waals surface area contributed by atoms with Crippen molar-refractivity contribution < 1.29 is 14.7 Å². The molecule has 0 radical (unpaired) electrons. The number of halogens is 1. The number of rotatable bonds is 6. The third kappa shape index (κ3) is 4.71. The molecule has 3 amide bonds. The van der Waals surface area contributed by atoms with Crippen LogP contribution >= 0.6 is 11.6 Å². The molecule has 2 aromatic rings. The Morgan fingerprint density at radius 3 is 2.24 bits per heavy atom. The van der Waals surface area contributed by atoms with Crippen LogP contribution in [0.4, 0.5) is 10.5 Å². The Labute approximate surface area is 174 Å². The predicted molar refractivity (Wildman–Crippen MR) is 112 cm³/mol. The monoisotopic (exact) mass is 413 g/mol. The van der Waals surface area contributed by atoms with Gasteiger partial charge in [-0.1, -0.05) is 35.9 Å². The average molecular weight is 414 g/mol. The van der Waals surface area contributed by atoms with Crippen molar-refractivity contribution in [3.8, 4) is 0 Å². The van der Waals surface area contributed by atoms with Gasteiger partial charge in [-0.15, -0.1) is 0 Å². The zero-order valence-electron chi connectivity index (χ0n) is 16.0. The summed E-state index contributed by atoms with van der Waals surface area (Å²) in [7, 11) is 0. The van der Waals surface area contributed by atoms with Gasteiger partial charge in [-0.2, -0.15) is 0 Å². The van der Waals surface area contributed by atoms with E-state index in [2.05, 4.69) is 10.6 Å². The maximum absolute atomic E-state index is 12.5. The number of hydrogen-bond donors (Lipinski definition) is 3. The number of likely N-dealkylation sites (tertiary alicyclic amines) is 1. The molecular formula is C22H24ClN3O3. The van der Waals surface area contributed by atoms with Gasteiger partial charge in [0, 0.05) is 37.0 Å². The standard InChI is InChI=1S/C22H24ClN3O3/c23-16-5-1-15(2-6-16)10-24-22(29)25-17-7-3-14(4-8-17)9-21(28)26-11-18-19(12-26)20(18)13-27/h1-8,18-20,27H,9-13H2,(H2,24,25,29)/t18-,19+,20-. The molecule has 0 aromatic heterocycles. The summed E-state index contributed by atoms with van der Waals surface area (Å²) in [5.74, 6) is 1.49. The number of benzene rings is 2. The van der Waals surface area contributed by atoms with Gasteiger partial charge >= 0.3 is 6.03 Å². The number of urea groups is 1. The van der Waals surface area contributed by atoms with E-state index in [1.807, 2.05) is 29.2 Å². The van der Waals surface area contributed by atoms with Gasteiger partial charge in [0.2, 0.25) is 5.91 Å². The molecule has 1 aliphatic heterocycles. The van der Waals surface area contributed by atoms with Crippen LogP contribution in [0.2, 0.25) is 5.02 Å². The van der Waals surface area contributed by atoms with E-state index >= 15 is 0 Å². The number of aliphatic hydroxyl groups excluding tert-OH is 1. The van der Waals surface area contributed by atoms with Crippen LogP contribution in [0.25, 0.3) is 0 Å². The number of fused-ring (bicyclic) bond motifs is 1. The lowest BCUT2D eigenvalue weighted by Crippen LogP contribution is -2.33. The highest BCUT2D eigenvalue weighted by molar-refractivity contribution is 6.30. The molecule has 2 fully saturated rings. The molecule has 4 rings (SSSR count). The van der Waals surface area contributed by atoms with Crippen LogP contribution in [-0.2, 0) is 17.8 Å². The first-order chi connectivity index (χ1) is 14.0.